The maximum absolute atomic E-state index is 13.0. The number of amides is 1. The van der Waals surface area contributed by atoms with Crippen LogP contribution in [-0.4, -0.2) is 52.0 Å². The maximum Gasteiger partial charge on any atom is 0.257 e. The fourth-order valence-electron chi connectivity index (χ4n) is 2.66. The largest absolute Gasteiger partial charge is 0.507 e. The van der Waals surface area contributed by atoms with E-state index < -0.39 is 5.82 Å². The number of carbonyl (C=O) groups excluding carboxylic acids is 1. The summed E-state index contributed by atoms with van der Waals surface area (Å²) in [6.07, 6.45) is 1.90. The first-order valence-corrected chi connectivity index (χ1v) is 8.26. The Kier molecular flexibility index (Phi) is 4.58. The highest BCUT2D eigenvalue weighted by Gasteiger charge is 2.24. The molecule has 0 unspecified atom stereocenters. The third-order valence-corrected chi connectivity index (χ3v) is 4.80. The number of rotatable bonds is 3. The fraction of sp³-hybridized carbons (Fsp3) is 0.375. The van der Waals surface area contributed by atoms with Crippen LogP contribution < -0.4 is 0 Å². The van der Waals surface area contributed by atoms with Gasteiger partial charge in [0, 0.05) is 49.9 Å². The second-order valence-electron chi connectivity index (χ2n) is 5.58. The molecule has 2 aromatic rings. The van der Waals surface area contributed by atoms with E-state index in [1.807, 2.05) is 13.1 Å². The normalized spacial score (nSPS) is 15.8. The second-order valence-corrected chi connectivity index (χ2v) is 6.89. The standard InChI is InChI=1S/C16H18FN3O2S/c1-11-18-9-13(23-11)10-19-4-6-20(7-5-19)16(22)14-3-2-12(17)8-15(14)21/h2-3,8-9,21H,4-7,10H2,1H3. The number of aryl methyl sites for hydroxylation is 1. The molecule has 0 radical (unpaired) electrons. The number of phenolic OH excluding ortho intramolecular Hbond substituents is 1. The Morgan fingerprint density at radius 1 is 1.35 bits per heavy atom. The summed E-state index contributed by atoms with van der Waals surface area (Å²) in [5.74, 6) is -1.11. The average molecular weight is 335 g/mol. The van der Waals surface area contributed by atoms with Crippen molar-refractivity contribution in [3.8, 4) is 5.75 Å². The Morgan fingerprint density at radius 3 is 2.70 bits per heavy atom. The van der Waals surface area contributed by atoms with Gasteiger partial charge >= 0.3 is 0 Å². The van der Waals surface area contributed by atoms with E-state index in [1.54, 1.807) is 16.2 Å². The van der Waals surface area contributed by atoms with E-state index in [9.17, 15) is 14.3 Å². The molecule has 0 aliphatic carbocycles. The second kappa shape index (κ2) is 6.64. The van der Waals surface area contributed by atoms with Crippen molar-refractivity contribution in [3.63, 3.8) is 0 Å². The van der Waals surface area contributed by atoms with Crippen molar-refractivity contribution in [1.82, 2.24) is 14.8 Å². The van der Waals surface area contributed by atoms with Gasteiger partial charge in [0.25, 0.3) is 5.91 Å². The van der Waals surface area contributed by atoms with Gasteiger partial charge in [-0.1, -0.05) is 0 Å². The molecule has 0 saturated carbocycles. The monoisotopic (exact) mass is 335 g/mol. The number of aromatic hydroxyl groups is 1. The van der Waals surface area contributed by atoms with Crippen molar-refractivity contribution in [2.24, 2.45) is 0 Å². The van der Waals surface area contributed by atoms with Crippen LogP contribution in [0.3, 0.4) is 0 Å². The van der Waals surface area contributed by atoms with Crippen LogP contribution >= 0.6 is 11.3 Å². The van der Waals surface area contributed by atoms with Crippen LogP contribution in [-0.2, 0) is 6.54 Å². The van der Waals surface area contributed by atoms with Gasteiger partial charge in [-0.2, -0.15) is 0 Å². The lowest BCUT2D eigenvalue weighted by molar-refractivity contribution is 0.0626. The molecule has 3 rings (SSSR count). The van der Waals surface area contributed by atoms with Crippen molar-refractivity contribution in [1.29, 1.82) is 0 Å². The Morgan fingerprint density at radius 2 is 2.09 bits per heavy atom. The quantitative estimate of drug-likeness (QED) is 0.935. The van der Waals surface area contributed by atoms with Gasteiger partial charge in [-0.15, -0.1) is 11.3 Å². The number of phenols is 1. The minimum Gasteiger partial charge on any atom is -0.507 e. The van der Waals surface area contributed by atoms with Crippen LogP contribution in [0.4, 0.5) is 4.39 Å². The lowest BCUT2D eigenvalue weighted by atomic mass is 10.1. The van der Waals surface area contributed by atoms with Crippen LogP contribution in [0, 0.1) is 12.7 Å². The molecular weight excluding hydrogens is 317 g/mol. The van der Waals surface area contributed by atoms with Crippen molar-refractivity contribution < 1.29 is 14.3 Å². The molecule has 1 aromatic carbocycles. The van der Waals surface area contributed by atoms with Crippen molar-refractivity contribution in [2.75, 3.05) is 26.2 Å². The molecule has 1 aliphatic rings. The molecule has 0 bridgehead atoms. The number of hydrogen-bond acceptors (Lipinski definition) is 5. The summed E-state index contributed by atoms with van der Waals surface area (Å²) >= 11 is 1.69. The Labute approximate surface area is 138 Å². The summed E-state index contributed by atoms with van der Waals surface area (Å²) in [4.78, 5) is 21.9. The zero-order chi connectivity index (χ0) is 16.4. The molecule has 1 aromatic heterocycles. The molecule has 1 saturated heterocycles. The smallest absolute Gasteiger partial charge is 0.257 e. The maximum atomic E-state index is 13.0. The van der Waals surface area contributed by atoms with Crippen LogP contribution in [0.1, 0.15) is 20.2 Å². The fourth-order valence-corrected chi connectivity index (χ4v) is 3.50. The molecule has 0 atom stereocenters. The highest BCUT2D eigenvalue weighted by molar-refractivity contribution is 7.11. The SMILES string of the molecule is Cc1ncc(CN2CCN(C(=O)c3ccc(F)cc3O)CC2)s1. The number of piperazine rings is 1. The predicted molar refractivity (Wildman–Crippen MR) is 86.1 cm³/mol. The van der Waals surface area contributed by atoms with Crippen molar-refractivity contribution in [2.45, 2.75) is 13.5 Å². The number of aromatic nitrogens is 1. The van der Waals surface area contributed by atoms with Crippen LogP contribution in [0.5, 0.6) is 5.75 Å². The molecule has 1 amide bonds. The lowest BCUT2D eigenvalue weighted by Crippen LogP contribution is -2.48. The Hall–Kier alpha value is -1.99. The van der Waals surface area contributed by atoms with E-state index in [0.717, 1.165) is 30.7 Å². The predicted octanol–water partition coefficient (Wildman–Crippen LogP) is 2.25. The third kappa shape index (κ3) is 3.68. The Bertz CT molecular complexity index is 711. The molecular formula is C16H18FN3O2S. The first kappa shape index (κ1) is 15.9. The molecule has 1 fully saturated rings. The average Bonchev–Trinajstić information content (AvgIpc) is 2.92. The van der Waals surface area contributed by atoms with Gasteiger partial charge < -0.3 is 10.0 Å². The summed E-state index contributed by atoms with van der Waals surface area (Å²) in [6, 6.07) is 3.49. The van der Waals surface area contributed by atoms with Gasteiger partial charge in [0.15, 0.2) is 0 Å². The number of nitrogens with zero attached hydrogens (tertiary/aromatic N) is 3. The van der Waals surface area contributed by atoms with E-state index in [-0.39, 0.29) is 17.2 Å². The van der Waals surface area contributed by atoms with E-state index in [1.165, 1.54) is 17.0 Å². The molecule has 23 heavy (non-hydrogen) atoms. The van der Waals surface area contributed by atoms with E-state index in [0.29, 0.717) is 13.1 Å². The van der Waals surface area contributed by atoms with E-state index >= 15 is 0 Å². The third-order valence-electron chi connectivity index (χ3n) is 3.90. The summed E-state index contributed by atoms with van der Waals surface area (Å²) < 4.78 is 13.0. The molecule has 1 N–H and O–H groups in total. The van der Waals surface area contributed by atoms with Crippen LogP contribution in [0.2, 0.25) is 0 Å². The number of hydrogen-bond donors (Lipinski definition) is 1. The van der Waals surface area contributed by atoms with Crippen molar-refractivity contribution in [3.05, 3.63) is 45.7 Å². The lowest BCUT2D eigenvalue weighted by Gasteiger charge is -2.34. The van der Waals surface area contributed by atoms with Gasteiger partial charge in [-0.05, 0) is 19.1 Å². The minimum atomic E-state index is -0.552. The molecule has 1 aliphatic heterocycles. The zero-order valence-electron chi connectivity index (χ0n) is 12.8. The van der Waals surface area contributed by atoms with E-state index in [4.69, 9.17) is 0 Å². The molecule has 122 valence electrons. The minimum absolute atomic E-state index is 0.151. The van der Waals surface area contributed by atoms with Gasteiger partial charge in [0.2, 0.25) is 0 Å². The number of benzene rings is 1. The molecule has 0 spiro atoms. The number of halogens is 1. The summed E-state index contributed by atoms with van der Waals surface area (Å²) in [7, 11) is 0. The molecule has 2 heterocycles. The summed E-state index contributed by atoms with van der Waals surface area (Å²) in [6.45, 7) is 5.55. The van der Waals surface area contributed by atoms with Gasteiger partial charge in [-0.25, -0.2) is 9.37 Å². The first-order chi connectivity index (χ1) is 11.0. The number of thiazole rings is 1. The zero-order valence-corrected chi connectivity index (χ0v) is 13.6. The first-order valence-electron chi connectivity index (χ1n) is 7.44. The van der Waals surface area contributed by atoms with Gasteiger partial charge in [-0.3, -0.25) is 9.69 Å². The van der Waals surface area contributed by atoms with Crippen molar-refractivity contribution >= 4 is 17.2 Å². The van der Waals surface area contributed by atoms with E-state index in [2.05, 4.69) is 9.88 Å². The highest BCUT2D eigenvalue weighted by atomic mass is 32.1. The van der Waals surface area contributed by atoms with Crippen LogP contribution in [0.25, 0.3) is 0 Å². The topological polar surface area (TPSA) is 56.7 Å². The Balaban J connectivity index is 1.59. The molecule has 5 nitrogen and oxygen atoms in total. The molecule has 7 heteroatoms. The highest BCUT2D eigenvalue weighted by Crippen LogP contribution is 2.21. The van der Waals surface area contributed by atoms with Gasteiger partial charge in [0.05, 0.1) is 10.6 Å². The number of carbonyl (C=O) groups is 1. The van der Waals surface area contributed by atoms with Gasteiger partial charge in [0.1, 0.15) is 11.6 Å². The summed E-state index contributed by atoms with van der Waals surface area (Å²) in [5, 5.41) is 10.8. The summed E-state index contributed by atoms with van der Waals surface area (Å²) in [5.41, 5.74) is 0.151. The van der Waals surface area contributed by atoms with Crippen LogP contribution in [0.15, 0.2) is 24.4 Å².